The van der Waals surface area contributed by atoms with Crippen LogP contribution in [0.3, 0.4) is 0 Å². The molecule has 2 aromatic carbocycles. The quantitative estimate of drug-likeness (QED) is 0.290. The SMILES string of the molecule is O=C(C#Cc1ccccc1Cl)c1nnn(Cc2cc(Cl)cc(Cl)c2)c1-c1cccnc1. The minimum Gasteiger partial charge on any atom is -0.277 e. The summed E-state index contributed by atoms with van der Waals surface area (Å²) in [7, 11) is 0. The summed E-state index contributed by atoms with van der Waals surface area (Å²) in [6, 6.07) is 15.8. The summed E-state index contributed by atoms with van der Waals surface area (Å²) in [6.07, 6.45) is 3.28. The van der Waals surface area contributed by atoms with Crippen molar-refractivity contribution in [2.45, 2.75) is 6.54 Å². The van der Waals surface area contributed by atoms with Gasteiger partial charge >= 0.3 is 0 Å². The number of carbonyl (C=O) groups is 1. The standard InChI is InChI=1S/C23H13Cl3N4O/c24-18-10-15(11-19(25)12-18)14-30-23(17-5-3-9-27-13-17)22(28-29-30)21(31)8-7-16-4-1-2-6-20(16)26/h1-6,9-13H,14H2. The molecular formula is C23H13Cl3N4O. The van der Waals surface area contributed by atoms with Gasteiger partial charge in [0.05, 0.1) is 11.6 Å². The number of nitrogens with zero attached hydrogens (tertiary/aromatic N) is 4. The van der Waals surface area contributed by atoms with Crippen LogP contribution in [0.25, 0.3) is 11.3 Å². The van der Waals surface area contributed by atoms with E-state index in [0.29, 0.717) is 38.4 Å². The summed E-state index contributed by atoms with van der Waals surface area (Å²) in [5, 5.41) is 9.76. The molecule has 4 aromatic rings. The Morgan fingerprint density at radius 2 is 1.77 bits per heavy atom. The first kappa shape index (κ1) is 21.1. The second-order valence-corrected chi connectivity index (χ2v) is 7.80. The van der Waals surface area contributed by atoms with Gasteiger partial charge in [0, 0.05) is 33.6 Å². The van der Waals surface area contributed by atoms with Crippen molar-refractivity contribution >= 4 is 40.6 Å². The second-order valence-electron chi connectivity index (χ2n) is 6.52. The van der Waals surface area contributed by atoms with Crippen molar-refractivity contribution < 1.29 is 4.79 Å². The highest BCUT2D eigenvalue weighted by molar-refractivity contribution is 6.34. The van der Waals surface area contributed by atoms with Crippen LogP contribution in [-0.4, -0.2) is 25.8 Å². The summed E-state index contributed by atoms with van der Waals surface area (Å²) in [5.74, 6) is 4.94. The van der Waals surface area contributed by atoms with Crippen LogP contribution >= 0.6 is 34.8 Å². The Hall–Kier alpha value is -3.17. The van der Waals surface area contributed by atoms with Crippen LogP contribution in [0.2, 0.25) is 15.1 Å². The Morgan fingerprint density at radius 3 is 2.48 bits per heavy atom. The smallest absolute Gasteiger partial charge is 0.258 e. The van der Waals surface area contributed by atoms with E-state index in [1.54, 1.807) is 65.6 Å². The van der Waals surface area contributed by atoms with E-state index >= 15 is 0 Å². The molecule has 0 aliphatic heterocycles. The molecule has 0 N–H and O–H groups in total. The second kappa shape index (κ2) is 9.32. The Morgan fingerprint density at radius 1 is 1.00 bits per heavy atom. The van der Waals surface area contributed by atoms with E-state index < -0.39 is 5.78 Å². The minimum atomic E-state index is -0.478. The van der Waals surface area contributed by atoms with Crippen LogP contribution in [0.5, 0.6) is 0 Å². The Balaban J connectivity index is 1.75. The highest BCUT2D eigenvalue weighted by Crippen LogP contribution is 2.25. The molecule has 0 unspecified atom stereocenters. The van der Waals surface area contributed by atoms with Crippen LogP contribution in [0.15, 0.2) is 67.0 Å². The molecule has 152 valence electrons. The molecule has 0 atom stereocenters. The zero-order valence-corrected chi connectivity index (χ0v) is 18.2. The predicted molar refractivity (Wildman–Crippen MR) is 121 cm³/mol. The highest BCUT2D eigenvalue weighted by Gasteiger charge is 2.20. The first-order chi connectivity index (χ1) is 15.0. The number of hydrogen-bond acceptors (Lipinski definition) is 4. The van der Waals surface area contributed by atoms with Gasteiger partial charge in [-0.25, -0.2) is 4.68 Å². The maximum Gasteiger partial charge on any atom is 0.258 e. The van der Waals surface area contributed by atoms with E-state index in [-0.39, 0.29) is 5.69 Å². The predicted octanol–water partition coefficient (Wildman–Crippen LogP) is 5.58. The first-order valence-corrected chi connectivity index (χ1v) is 10.2. The molecule has 0 aliphatic rings. The van der Waals surface area contributed by atoms with Crippen molar-refractivity contribution in [1.82, 2.24) is 20.0 Å². The van der Waals surface area contributed by atoms with Gasteiger partial charge in [0.15, 0.2) is 5.69 Å². The number of carbonyl (C=O) groups excluding carboxylic acids is 1. The van der Waals surface area contributed by atoms with Gasteiger partial charge in [0.1, 0.15) is 5.69 Å². The van der Waals surface area contributed by atoms with Gasteiger partial charge in [-0.15, -0.1) is 5.10 Å². The molecule has 0 fully saturated rings. The molecule has 2 aromatic heterocycles. The lowest BCUT2D eigenvalue weighted by molar-refractivity contribution is 0.105. The molecule has 0 bridgehead atoms. The van der Waals surface area contributed by atoms with E-state index in [1.165, 1.54) is 0 Å². The fourth-order valence-electron chi connectivity index (χ4n) is 2.99. The first-order valence-electron chi connectivity index (χ1n) is 9.11. The van der Waals surface area contributed by atoms with Crippen LogP contribution in [0.1, 0.15) is 21.6 Å². The number of Topliss-reactive ketones (excluding diaryl/α,β-unsaturated/α-hetero) is 1. The van der Waals surface area contributed by atoms with Crippen molar-refractivity contribution in [1.29, 1.82) is 0 Å². The van der Waals surface area contributed by atoms with Gasteiger partial charge in [-0.1, -0.05) is 58.1 Å². The van der Waals surface area contributed by atoms with Gasteiger partial charge in [-0.2, -0.15) is 0 Å². The van der Waals surface area contributed by atoms with E-state index in [0.717, 1.165) is 5.56 Å². The third kappa shape index (κ3) is 4.95. The molecule has 4 rings (SSSR count). The van der Waals surface area contributed by atoms with E-state index in [2.05, 4.69) is 27.1 Å². The summed E-state index contributed by atoms with van der Waals surface area (Å²) >= 11 is 18.4. The van der Waals surface area contributed by atoms with Crippen molar-refractivity contribution in [3.05, 3.63) is 98.9 Å². The molecule has 0 spiro atoms. The van der Waals surface area contributed by atoms with Gasteiger partial charge in [-0.3, -0.25) is 9.78 Å². The van der Waals surface area contributed by atoms with Crippen LogP contribution < -0.4 is 0 Å². The molecule has 0 saturated carbocycles. The topological polar surface area (TPSA) is 60.7 Å². The number of aromatic nitrogens is 4. The van der Waals surface area contributed by atoms with Gasteiger partial charge in [-0.05, 0) is 53.9 Å². The number of rotatable bonds is 4. The van der Waals surface area contributed by atoms with Gasteiger partial charge in [0.25, 0.3) is 5.78 Å². The van der Waals surface area contributed by atoms with Crippen LogP contribution in [0.4, 0.5) is 0 Å². The molecule has 31 heavy (non-hydrogen) atoms. The van der Waals surface area contributed by atoms with E-state index in [9.17, 15) is 4.79 Å². The average Bonchev–Trinajstić information content (AvgIpc) is 3.16. The van der Waals surface area contributed by atoms with Gasteiger partial charge < -0.3 is 0 Å². The fraction of sp³-hybridized carbons (Fsp3) is 0.0435. The molecule has 5 nitrogen and oxygen atoms in total. The Kier molecular flexibility index (Phi) is 6.34. The molecule has 0 radical (unpaired) electrons. The molecule has 8 heteroatoms. The van der Waals surface area contributed by atoms with E-state index in [4.69, 9.17) is 34.8 Å². The lowest BCUT2D eigenvalue weighted by atomic mass is 10.1. The minimum absolute atomic E-state index is 0.126. The summed E-state index contributed by atoms with van der Waals surface area (Å²) in [5.41, 5.74) is 2.68. The number of pyridine rings is 1. The fourth-order valence-corrected chi connectivity index (χ4v) is 3.74. The van der Waals surface area contributed by atoms with Crippen molar-refractivity contribution in [3.63, 3.8) is 0 Å². The largest absolute Gasteiger partial charge is 0.277 e. The lowest BCUT2D eigenvalue weighted by Gasteiger charge is -2.08. The molecule has 0 saturated heterocycles. The number of halogens is 3. The molecule has 0 aliphatic carbocycles. The lowest BCUT2D eigenvalue weighted by Crippen LogP contribution is -2.06. The monoisotopic (exact) mass is 466 g/mol. The van der Waals surface area contributed by atoms with Gasteiger partial charge in [0.2, 0.25) is 0 Å². The molecular weight excluding hydrogens is 455 g/mol. The van der Waals surface area contributed by atoms with Crippen LogP contribution in [0, 0.1) is 11.8 Å². The third-order valence-electron chi connectivity index (χ3n) is 4.32. The van der Waals surface area contributed by atoms with Crippen molar-refractivity contribution in [2.24, 2.45) is 0 Å². The zero-order valence-electron chi connectivity index (χ0n) is 15.9. The maximum atomic E-state index is 12.9. The summed E-state index contributed by atoms with van der Waals surface area (Å²) in [4.78, 5) is 17.0. The van der Waals surface area contributed by atoms with E-state index in [1.807, 2.05) is 6.07 Å². The number of hydrogen-bond donors (Lipinski definition) is 0. The summed E-state index contributed by atoms with van der Waals surface area (Å²) < 4.78 is 1.60. The Labute approximate surface area is 193 Å². The van der Waals surface area contributed by atoms with Crippen LogP contribution in [-0.2, 0) is 6.54 Å². The highest BCUT2D eigenvalue weighted by atomic mass is 35.5. The number of ketones is 1. The maximum absolute atomic E-state index is 12.9. The normalized spacial score (nSPS) is 10.4. The molecule has 0 amide bonds. The van der Waals surface area contributed by atoms with Crippen molar-refractivity contribution in [3.8, 4) is 23.1 Å². The number of benzene rings is 2. The molecule has 2 heterocycles. The van der Waals surface area contributed by atoms with Crippen molar-refractivity contribution in [2.75, 3.05) is 0 Å². The average molecular weight is 468 g/mol. The summed E-state index contributed by atoms with van der Waals surface area (Å²) in [6.45, 7) is 0.308. The third-order valence-corrected chi connectivity index (χ3v) is 5.09. The Bertz CT molecular complexity index is 1300. The zero-order chi connectivity index (χ0) is 21.8.